The van der Waals surface area contributed by atoms with E-state index in [-0.39, 0.29) is 12.1 Å². The highest BCUT2D eigenvalue weighted by Crippen LogP contribution is 2.12. The molecule has 0 N–H and O–H groups in total. The molecule has 0 fully saturated rings. The maximum absolute atomic E-state index is 11.7. The first kappa shape index (κ1) is 20.5. The molecule has 21 heavy (non-hydrogen) atoms. The van der Waals surface area contributed by atoms with E-state index in [0.717, 1.165) is 19.3 Å². The number of carbonyl (C=O) groups is 1. The second kappa shape index (κ2) is 15.9. The van der Waals surface area contributed by atoms with Crippen LogP contribution in [0.2, 0.25) is 0 Å². The van der Waals surface area contributed by atoms with Gasteiger partial charge in [0.2, 0.25) is 0 Å². The highest BCUT2D eigenvalue weighted by Gasteiger charge is 2.08. The van der Waals surface area contributed by atoms with Crippen molar-refractivity contribution >= 4 is 5.97 Å². The molecule has 0 heterocycles. The number of hydrogen-bond donors (Lipinski definition) is 0. The Labute approximate surface area is 133 Å². The molecular weight excluding hydrogens is 260 g/mol. The van der Waals surface area contributed by atoms with E-state index in [1.165, 1.54) is 64.2 Å². The SMILES string of the molecule is CCCCCCCCCC(C)OC(=O)CCCCCCC. The summed E-state index contributed by atoms with van der Waals surface area (Å²) in [5.41, 5.74) is 0. The second-order valence-electron chi connectivity index (χ2n) is 6.37. The van der Waals surface area contributed by atoms with Crippen molar-refractivity contribution in [3.8, 4) is 0 Å². The zero-order valence-electron chi connectivity index (χ0n) is 14.8. The zero-order valence-corrected chi connectivity index (χ0v) is 14.8. The van der Waals surface area contributed by atoms with E-state index in [0.29, 0.717) is 6.42 Å². The third kappa shape index (κ3) is 15.7. The topological polar surface area (TPSA) is 26.3 Å². The Balaban J connectivity index is 3.35. The Kier molecular flexibility index (Phi) is 15.5. The molecule has 0 bridgehead atoms. The quantitative estimate of drug-likeness (QED) is 0.257. The van der Waals surface area contributed by atoms with Gasteiger partial charge in [0.1, 0.15) is 0 Å². The van der Waals surface area contributed by atoms with Crippen molar-refractivity contribution in [2.45, 2.75) is 117 Å². The molecule has 0 rings (SSSR count). The Morgan fingerprint density at radius 3 is 1.81 bits per heavy atom. The van der Waals surface area contributed by atoms with E-state index in [1.54, 1.807) is 0 Å². The van der Waals surface area contributed by atoms with Crippen LogP contribution in [0.5, 0.6) is 0 Å². The van der Waals surface area contributed by atoms with E-state index in [9.17, 15) is 4.79 Å². The van der Waals surface area contributed by atoms with Gasteiger partial charge in [-0.05, 0) is 26.2 Å². The number of esters is 1. The first-order valence-electron chi connectivity index (χ1n) is 9.40. The average molecular weight is 299 g/mol. The van der Waals surface area contributed by atoms with Gasteiger partial charge in [0, 0.05) is 6.42 Å². The Morgan fingerprint density at radius 1 is 0.762 bits per heavy atom. The fourth-order valence-corrected chi connectivity index (χ4v) is 2.60. The van der Waals surface area contributed by atoms with Gasteiger partial charge in [0.25, 0.3) is 0 Å². The molecule has 0 spiro atoms. The number of carbonyl (C=O) groups excluding carboxylic acids is 1. The molecule has 0 aliphatic rings. The van der Waals surface area contributed by atoms with Crippen LogP contribution in [0.3, 0.4) is 0 Å². The van der Waals surface area contributed by atoms with Crippen LogP contribution < -0.4 is 0 Å². The van der Waals surface area contributed by atoms with E-state index >= 15 is 0 Å². The molecule has 0 saturated carbocycles. The van der Waals surface area contributed by atoms with E-state index in [1.807, 2.05) is 6.92 Å². The van der Waals surface area contributed by atoms with Gasteiger partial charge in [-0.2, -0.15) is 0 Å². The molecule has 1 unspecified atom stereocenters. The highest BCUT2D eigenvalue weighted by molar-refractivity contribution is 5.69. The fraction of sp³-hybridized carbons (Fsp3) is 0.947. The van der Waals surface area contributed by atoms with Crippen LogP contribution in [0.4, 0.5) is 0 Å². The smallest absolute Gasteiger partial charge is 0.306 e. The van der Waals surface area contributed by atoms with E-state index < -0.39 is 0 Å². The summed E-state index contributed by atoms with van der Waals surface area (Å²) in [5.74, 6) is 0.00180. The van der Waals surface area contributed by atoms with Crippen molar-refractivity contribution in [3.63, 3.8) is 0 Å². The first-order chi connectivity index (χ1) is 10.2. The number of hydrogen-bond acceptors (Lipinski definition) is 2. The molecule has 0 amide bonds. The fourth-order valence-electron chi connectivity index (χ4n) is 2.60. The molecular formula is C19H38O2. The van der Waals surface area contributed by atoms with Crippen molar-refractivity contribution in [3.05, 3.63) is 0 Å². The van der Waals surface area contributed by atoms with Gasteiger partial charge in [-0.15, -0.1) is 0 Å². The van der Waals surface area contributed by atoms with Gasteiger partial charge in [0.05, 0.1) is 6.10 Å². The largest absolute Gasteiger partial charge is 0.463 e. The van der Waals surface area contributed by atoms with Gasteiger partial charge < -0.3 is 4.74 Å². The molecule has 0 radical (unpaired) electrons. The molecule has 0 aliphatic heterocycles. The lowest BCUT2D eigenvalue weighted by molar-refractivity contribution is -0.148. The molecule has 2 nitrogen and oxygen atoms in total. The Morgan fingerprint density at radius 2 is 1.24 bits per heavy atom. The molecule has 2 heteroatoms. The molecule has 0 aliphatic carbocycles. The highest BCUT2D eigenvalue weighted by atomic mass is 16.5. The first-order valence-corrected chi connectivity index (χ1v) is 9.40. The molecule has 0 aromatic rings. The summed E-state index contributed by atoms with van der Waals surface area (Å²) in [7, 11) is 0. The zero-order chi connectivity index (χ0) is 15.8. The van der Waals surface area contributed by atoms with Crippen molar-refractivity contribution in [1.82, 2.24) is 0 Å². The van der Waals surface area contributed by atoms with Crippen molar-refractivity contribution < 1.29 is 9.53 Å². The molecule has 1 atom stereocenters. The van der Waals surface area contributed by atoms with Crippen LogP contribution in [0, 0.1) is 0 Å². The molecule has 0 aromatic heterocycles. The molecule has 126 valence electrons. The maximum atomic E-state index is 11.7. The number of ether oxygens (including phenoxy) is 1. The summed E-state index contributed by atoms with van der Waals surface area (Å²) >= 11 is 0. The van der Waals surface area contributed by atoms with E-state index in [2.05, 4.69) is 13.8 Å². The van der Waals surface area contributed by atoms with Gasteiger partial charge in [-0.1, -0.05) is 78.1 Å². The van der Waals surface area contributed by atoms with Gasteiger partial charge >= 0.3 is 5.97 Å². The number of unbranched alkanes of at least 4 members (excludes halogenated alkanes) is 10. The average Bonchev–Trinajstić information content (AvgIpc) is 2.46. The summed E-state index contributed by atoms with van der Waals surface area (Å²) in [6, 6.07) is 0. The molecule has 0 saturated heterocycles. The minimum Gasteiger partial charge on any atom is -0.463 e. The normalized spacial score (nSPS) is 12.3. The lowest BCUT2D eigenvalue weighted by Crippen LogP contribution is -2.14. The number of rotatable bonds is 15. The second-order valence-corrected chi connectivity index (χ2v) is 6.37. The van der Waals surface area contributed by atoms with Crippen LogP contribution in [0.25, 0.3) is 0 Å². The van der Waals surface area contributed by atoms with E-state index in [4.69, 9.17) is 4.74 Å². The standard InChI is InChI=1S/C19H38O2/c1-4-6-8-10-11-13-14-16-18(3)21-19(20)17-15-12-9-7-5-2/h18H,4-17H2,1-3H3. The predicted octanol–water partition coefficient (Wildman–Crippen LogP) is 6.42. The minimum atomic E-state index is 0.00180. The lowest BCUT2D eigenvalue weighted by atomic mass is 10.1. The Hall–Kier alpha value is -0.530. The minimum absolute atomic E-state index is 0.00180. The summed E-state index contributed by atoms with van der Waals surface area (Å²) < 4.78 is 5.46. The van der Waals surface area contributed by atoms with Crippen molar-refractivity contribution in [2.75, 3.05) is 0 Å². The predicted molar refractivity (Wildman–Crippen MR) is 91.5 cm³/mol. The third-order valence-corrected chi connectivity index (χ3v) is 4.03. The van der Waals surface area contributed by atoms with Crippen molar-refractivity contribution in [1.29, 1.82) is 0 Å². The lowest BCUT2D eigenvalue weighted by Gasteiger charge is -2.13. The van der Waals surface area contributed by atoms with Crippen LogP contribution in [0.1, 0.15) is 111 Å². The maximum Gasteiger partial charge on any atom is 0.306 e. The van der Waals surface area contributed by atoms with Gasteiger partial charge in [0.15, 0.2) is 0 Å². The van der Waals surface area contributed by atoms with Crippen LogP contribution in [0.15, 0.2) is 0 Å². The van der Waals surface area contributed by atoms with Crippen molar-refractivity contribution in [2.24, 2.45) is 0 Å². The van der Waals surface area contributed by atoms with Crippen LogP contribution in [-0.2, 0) is 9.53 Å². The summed E-state index contributed by atoms with van der Waals surface area (Å²) in [5, 5.41) is 0. The summed E-state index contributed by atoms with van der Waals surface area (Å²) in [4.78, 5) is 11.7. The van der Waals surface area contributed by atoms with Gasteiger partial charge in [-0.25, -0.2) is 0 Å². The van der Waals surface area contributed by atoms with Crippen LogP contribution in [-0.4, -0.2) is 12.1 Å². The third-order valence-electron chi connectivity index (χ3n) is 4.03. The molecule has 0 aromatic carbocycles. The monoisotopic (exact) mass is 298 g/mol. The van der Waals surface area contributed by atoms with Gasteiger partial charge in [-0.3, -0.25) is 4.79 Å². The summed E-state index contributed by atoms with van der Waals surface area (Å²) in [6.07, 6.45) is 16.9. The van der Waals surface area contributed by atoms with Crippen LogP contribution >= 0.6 is 0 Å². The Bertz CT molecular complexity index is 226. The summed E-state index contributed by atoms with van der Waals surface area (Å²) in [6.45, 7) is 6.49.